The van der Waals surface area contributed by atoms with Gasteiger partial charge in [-0.05, 0) is 51.3 Å². The summed E-state index contributed by atoms with van der Waals surface area (Å²) in [5.74, 6) is -0.107. The number of nitrogens with one attached hydrogen (secondary N) is 1. The van der Waals surface area contributed by atoms with Crippen LogP contribution < -0.4 is 5.32 Å². The van der Waals surface area contributed by atoms with Crippen molar-refractivity contribution in [2.75, 3.05) is 32.8 Å². The summed E-state index contributed by atoms with van der Waals surface area (Å²) < 4.78 is 5.09. The van der Waals surface area contributed by atoms with Crippen molar-refractivity contribution >= 4 is 23.6 Å². The van der Waals surface area contributed by atoms with Crippen molar-refractivity contribution in [2.45, 2.75) is 44.7 Å². The molecule has 1 aromatic carbocycles. The van der Waals surface area contributed by atoms with Gasteiger partial charge in [0.25, 0.3) is 5.91 Å². The third-order valence-corrected chi connectivity index (χ3v) is 5.74. The average Bonchev–Trinajstić information content (AvgIpc) is 2.69. The second kappa shape index (κ2) is 9.42. The standard InChI is InChI=1S/C20H28ClN3O3/c1-2-27-20(26)23-12-9-16(10-13-23)24-11-5-6-15(14-24)22-19(25)17-7-3-4-8-18(17)21/h3-4,7-8,15-16H,2,5-6,9-14H2,1H3,(H,22,25)/t15-/m0/s1. The summed E-state index contributed by atoms with van der Waals surface area (Å²) in [5, 5.41) is 3.62. The predicted molar refractivity (Wildman–Crippen MR) is 105 cm³/mol. The van der Waals surface area contributed by atoms with Crippen LogP contribution in [-0.2, 0) is 4.74 Å². The molecule has 0 saturated carbocycles. The highest BCUT2D eigenvalue weighted by molar-refractivity contribution is 6.33. The zero-order valence-corrected chi connectivity index (χ0v) is 16.6. The molecule has 1 atom stereocenters. The van der Waals surface area contributed by atoms with Gasteiger partial charge in [0.2, 0.25) is 0 Å². The van der Waals surface area contributed by atoms with Gasteiger partial charge in [-0.15, -0.1) is 0 Å². The molecule has 0 unspecified atom stereocenters. The lowest BCUT2D eigenvalue weighted by atomic mass is 9.98. The van der Waals surface area contributed by atoms with Crippen LogP contribution in [0.4, 0.5) is 4.79 Å². The van der Waals surface area contributed by atoms with Crippen LogP contribution >= 0.6 is 11.6 Å². The summed E-state index contributed by atoms with van der Waals surface area (Å²) in [4.78, 5) is 28.6. The Morgan fingerprint density at radius 2 is 1.93 bits per heavy atom. The third-order valence-electron chi connectivity index (χ3n) is 5.41. The largest absolute Gasteiger partial charge is 0.450 e. The quantitative estimate of drug-likeness (QED) is 0.853. The van der Waals surface area contributed by atoms with Gasteiger partial charge in [0.15, 0.2) is 0 Å². The van der Waals surface area contributed by atoms with Gasteiger partial charge in [-0.25, -0.2) is 4.79 Å². The lowest BCUT2D eigenvalue weighted by Gasteiger charge is -2.42. The monoisotopic (exact) mass is 393 g/mol. The van der Waals surface area contributed by atoms with Gasteiger partial charge in [-0.1, -0.05) is 23.7 Å². The van der Waals surface area contributed by atoms with Crippen molar-refractivity contribution in [3.63, 3.8) is 0 Å². The van der Waals surface area contributed by atoms with E-state index in [0.29, 0.717) is 23.2 Å². The van der Waals surface area contributed by atoms with Gasteiger partial charge in [0.1, 0.15) is 0 Å². The number of hydrogen-bond donors (Lipinski definition) is 1. The van der Waals surface area contributed by atoms with Gasteiger partial charge in [0.05, 0.1) is 17.2 Å². The van der Waals surface area contributed by atoms with Crippen LogP contribution in [0.15, 0.2) is 24.3 Å². The molecule has 1 aromatic rings. The highest BCUT2D eigenvalue weighted by Gasteiger charge is 2.31. The summed E-state index contributed by atoms with van der Waals surface area (Å²) in [6.45, 7) is 5.60. The zero-order chi connectivity index (χ0) is 19.2. The van der Waals surface area contributed by atoms with E-state index in [4.69, 9.17) is 16.3 Å². The summed E-state index contributed by atoms with van der Waals surface area (Å²) in [6, 6.07) is 7.72. The van der Waals surface area contributed by atoms with Crippen molar-refractivity contribution in [1.82, 2.24) is 15.1 Å². The normalized spacial score (nSPS) is 21.7. The van der Waals surface area contributed by atoms with E-state index in [1.807, 2.05) is 19.1 Å². The van der Waals surface area contributed by atoms with Gasteiger partial charge >= 0.3 is 6.09 Å². The van der Waals surface area contributed by atoms with E-state index in [1.54, 1.807) is 17.0 Å². The van der Waals surface area contributed by atoms with Gasteiger partial charge in [0, 0.05) is 31.7 Å². The summed E-state index contributed by atoms with van der Waals surface area (Å²) in [7, 11) is 0. The van der Waals surface area contributed by atoms with Gasteiger partial charge in [-0.3, -0.25) is 9.69 Å². The van der Waals surface area contributed by atoms with E-state index in [2.05, 4.69) is 10.2 Å². The van der Waals surface area contributed by atoms with Crippen LogP contribution in [0.25, 0.3) is 0 Å². The molecule has 2 amide bonds. The Hall–Kier alpha value is -1.79. The summed E-state index contributed by atoms with van der Waals surface area (Å²) >= 11 is 6.14. The summed E-state index contributed by atoms with van der Waals surface area (Å²) in [6.07, 6.45) is 3.73. The lowest BCUT2D eigenvalue weighted by Crippen LogP contribution is -2.54. The first-order chi connectivity index (χ1) is 13.1. The number of benzene rings is 1. The minimum Gasteiger partial charge on any atom is -0.450 e. The topological polar surface area (TPSA) is 61.9 Å². The number of rotatable bonds is 4. The van der Waals surface area contributed by atoms with Crippen molar-refractivity contribution in [3.05, 3.63) is 34.9 Å². The molecule has 27 heavy (non-hydrogen) atoms. The molecule has 0 aliphatic carbocycles. The number of carbonyl (C=O) groups excluding carboxylic acids is 2. The fourth-order valence-electron chi connectivity index (χ4n) is 3.99. The molecule has 0 radical (unpaired) electrons. The van der Waals surface area contributed by atoms with E-state index >= 15 is 0 Å². The van der Waals surface area contributed by atoms with Crippen LogP contribution in [-0.4, -0.2) is 66.7 Å². The number of halogens is 1. The Morgan fingerprint density at radius 1 is 1.19 bits per heavy atom. The number of piperidine rings is 2. The molecule has 2 heterocycles. The predicted octanol–water partition coefficient (Wildman–Crippen LogP) is 3.16. The highest BCUT2D eigenvalue weighted by Crippen LogP contribution is 2.22. The van der Waals surface area contributed by atoms with Crippen LogP contribution in [0, 0.1) is 0 Å². The fourth-order valence-corrected chi connectivity index (χ4v) is 4.21. The van der Waals surface area contributed by atoms with Crippen LogP contribution in [0.3, 0.4) is 0 Å². The molecule has 0 aromatic heterocycles. The van der Waals surface area contributed by atoms with Gasteiger partial charge < -0.3 is 15.0 Å². The highest BCUT2D eigenvalue weighted by atomic mass is 35.5. The van der Waals surface area contributed by atoms with Gasteiger partial charge in [-0.2, -0.15) is 0 Å². The number of nitrogens with zero attached hydrogens (tertiary/aromatic N) is 2. The lowest BCUT2D eigenvalue weighted by molar-refractivity contribution is 0.0601. The molecular formula is C20H28ClN3O3. The Kier molecular flexibility index (Phi) is 6.96. The van der Waals surface area contributed by atoms with E-state index in [1.165, 1.54) is 0 Å². The minimum atomic E-state index is -0.209. The van der Waals surface area contributed by atoms with E-state index in [9.17, 15) is 9.59 Å². The number of amides is 2. The minimum absolute atomic E-state index is 0.107. The first-order valence-electron chi connectivity index (χ1n) is 9.79. The maximum atomic E-state index is 12.5. The van der Waals surface area contributed by atoms with Crippen molar-refractivity contribution in [3.8, 4) is 0 Å². The Morgan fingerprint density at radius 3 is 2.63 bits per heavy atom. The Balaban J connectivity index is 1.51. The first-order valence-corrected chi connectivity index (χ1v) is 10.2. The van der Waals surface area contributed by atoms with Crippen LogP contribution in [0.5, 0.6) is 0 Å². The first kappa shape index (κ1) is 20.0. The van der Waals surface area contributed by atoms with Crippen molar-refractivity contribution < 1.29 is 14.3 Å². The molecule has 2 aliphatic heterocycles. The number of carbonyl (C=O) groups is 2. The molecule has 3 rings (SSSR count). The van der Waals surface area contributed by atoms with Crippen molar-refractivity contribution in [2.24, 2.45) is 0 Å². The van der Waals surface area contributed by atoms with E-state index in [0.717, 1.165) is 51.9 Å². The van der Waals surface area contributed by atoms with Crippen LogP contribution in [0.2, 0.25) is 5.02 Å². The molecule has 0 bridgehead atoms. The van der Waals surface area contributed by atoms with E-state index in [-0.39, 0.29) is 18.0 Å². The van der Waals surface area contributed by atoms with Crippen LogP contribution in [0.1, 0.15) is 43.0 Å². The second-order valence-corrected chi connectivity index (χ2v) is 7.61. The average molecular weight is 394 g/mol. The second-order valence-electron chi connectivity index (χ2n) is 7.20. The Bertz CT molecular complexity index is 662. The summed E-state index contributed by atoms with van der Waals surface area (Å²) in [5.41, 5.74) is 0.527. The molecular weight excluding hydrogens is 366 g/mol. The Labute approximate surface area is 165 Å². The zero-order valence-electron chi connectivity index (χ0n) is 15.8. The third kappa shape index (κ3) is 5.14. The molecule has 2 aliphatic rings. The molecule has 1 N–H and O–H groups in total. The number of hydrogen-bond acceptors (Lipinski definition) is 4. The molecule has 0 spiro atoms. The fraction of sp³-hybridized carbons (Fsp3) is 0.600. The maximum Gasteiger partial charge on any atom is 0.409 e. The smallest absolute Gasteiger partial charge is 0.409 e. The van der Waals surface area contributed by atoms with Crippen molar-refractivity contribution in [1.29, 1.82) is 0 Å². The molecule has 148 valence electrons. The molecule has 7 heteroatoms. The molecule has 6 nitrogen and oxygen atoms in total. The molecule has 2 saturated heterocycles. The SMILES string of the molecule is CCOC(=O)N1CCC(N2CCC[C@H](NC(=O)c3ccccc3Cl)C2)CC1. The van der Waals surface area contributed by atoms with E-state index < -0.39 is 0 Å². The molecule has 2 fully saturated rings. The number of likely N-dealkylation sites (tertiary alicyclic amines) is 2. The number of ether oxygens (including phenoxy) is 1. The maximum absolute atomic E-state index is 12.5.